The van der Waals surface area contributed by atoms with E-state index < -0.39 is 0 Å². The lowest BCUT2D eigenvalue weighted by Gasteiger charge is -2.28. The summed E-state index contributed by atoms with van der Waals surface area (Å²) in [5.74, 6) is 1.17. The fraction of sp³-hybridized carbons (Fsp3) is 1.00. The SMILES string of the molecule is CCNC(C)(CO)CCCSC1CCOC1C. The van der Waals surface area contributed by atoms with Gasteiger partial charge in [0.2, 0.25) is 0 Å². The van der Waals surface area contributed by atoms with Crippen LogP contribution >= 0.6 is 11.8 Å². The Balaban J connectivity index is 2.14. The summed E-state index contributed by atoms with van der Waals surface area (Å²) in [5, 5.41) is 13.4. The van der Waals surface area contributed by atoms with Gasteiger partial charge < -0.3 is 15.2 Å². The summed E-state index contributed by atoms with van der Waals surface area (Å²) in [5.41, 5.74) is -0.104. The highest BCUT2D eigenvalue weighted by molar-refractivity contribution is 7.99. The van der Waals surface area contributed by atoms with Crippen molar-refractivity contribution in [2.75, 3.05) is 25.5 Å². The third kappa shape index (κ3) is 5.16. The van der Waals surface area contributed by atoms with Crippen LogP contribution in [-0.4, -0.2) is 47.5 Å². The molecular weight excluding hydrogens is 234 g/mol. The van der Waals surface area contributed by atoms with E-state index in [9.17, 15) is 5.11 Å². The van der Waals surface area contributed by atoms with Gasteiger partial charge in [0.1, 0.15) is 0 Å². The number of thioether (sulfide) groups is 1. The van der Waals surface area contributed by atoms with E-state index in [0.29, 0.717) is 11.4 Å². The quantitative estimate of drug-likeness (QED) is 0.656. The topological polar surface area (TPSA) is 41.5 Å². The van der Waals surface area contributed by atoms with Crippen LogP contribution < -0.4 is 5.32 Å². The van der Waals surface area contributed by atoms with E-state index in [0.717, 1.165) is 26.0 Å². The molecule has 1 rings (SSSR count). The molecule has 0 aliphatic carbocycles. The van der Waals surface area contributed by atoms with Crippen molar-refractivity contribution >= 4 is 11.8 Å². The largest absolute Gasteiger partial charge is 0.394 e. The van der Waals surface area contributed by atoms with Crippen molar-refractivity contribution in [2.24, 2.45) is 0 Å². The van der Waals surface area contributed by atoms with E-state index in [2.05, 4.69) is 26.1 Å². The molecule has 3 atom stereocenters. The van der Waals surface area contributed by atoms with Crippen LogP contribution in [0.15, 0.2) is 0 Å². The molecule has 3 unspecified atom stereocenters. The van der Waals surface area contributed by atoms with Crippen molar-refractivity contribution in [1.82, 2.24) is 5.32 Å². The predicted octanol–water partition coefficient (Wildman–Crippen LogP) is 2.04. The smallest absolute Gasteiger partial charge is 0.0666 e. The van der Waals surface area contributed by atoms with E-state index >= 15 is 0 Å². The molecule has 4 heteroatoms. The fourth-order valence-electron chi connectivity index (χ4n) is 2.28. The number of ether oxygens (including phenoxy) is 1. The molecular formula is C13H27NO2S. The Kier molecular flexibility index (Phi) is 6.85. The van der Waals surface area contributed by atoms with Crippen molar-refractivity contribution in [3.63, 3.8) is 0 Å². The van der Waals surface area contributed by atoms with Gasteiger partial charge in [-0.2, -0.15) is 11.8 Å². The summed E-state index contributed by atoms with van der Waals surface area (Å²) in [4.78, 5) is 0. The summed E-state index contributed by atoms with van der Waals surface area (Å²) in [6.45, 7) is 8.40. The van der Waals surface area contributed by atoms with Crippen molar-refractivity contribution in [3.05, 3.63) is 0 Å². The van der Waals surface area contributed by atoms with Crippen LogP contribution in [0.2, 0.25) is 0 Å². The minimum Gasteiger partial charge on any atom is -0.394 e. The molecule has 0 aromatic carbocycles. The van der Waals surface area contributed by atoms with E-state index in [1.54, 1.807) is 0 Å². The summed E-state index contributed by atoms with van der Waals surface area (Å²) in [6, 6.07) is 0. The van der Waals surface area contributed by atoms with Crippen LogP contribution in [0.3, 0.4) is 0 Å². The molecule has 3 nitrogen and oxygen atoms in total. The van der Waals surface area contributed by atoms with Gasteiger partial charge in [0.25, 0.3) is 0 Å². The Morgan fingerprint density at radius 3 is 2.82 bits per heavy atom. The lowest BCUT2D eigenvalue weighted by Crippen LogP contribution is -2.45. The van der Waals surface area contributed by atoms with Gasteiger partial charge in [-0.3, -0.25) is 0 Å². The molecule has 0 spiro atoms. The lowest BCUT2D eigenvalue weighted by atomic mass is 9.97. The third-order valence-electron chi connectivity index (χ3n) is 3.46. The zero-order valence-corrected chi connectivity index (χ0v) is 12.2. The second-order valence-corrected chi connectivity index (χ2v) is 6.47. The molecule has 2 N–H and O–H groups in total. The van der Waals surface area contributed by atoms with Crippen molar-refractivity contribution < 1.29 is 9.84 Å². The Morgan fingerprint density at radius 1 is 1.53 bits per heavy atom. The highest BCUT2D eigenvalue weighted by Crippen LogP contribution is 2.27. The molecule has 0 radical (unpaired) electrons. The van der Waals surface area contributed by atoms with Gasteiger partial charge in [-0.1, -0.05) is 6.92 Å². The van der Waals surface area contributed by atoms with Crippen LogP contribution in [0.4, 0.5) is 0 Å². The Labute approximate surface area is 110 Å². The van der Waals surface area contributed by atoms with Crippen LogP contribution in [-0.2, 0) is 4.74 Å². The van der Waals surface area contributed by atoms with Gasteiger partial charge in [-0.05, 0) is 45.4 Å². The molecule has 17 heavy (non-hydrogen) atoms. The normalized spacial score (nSPS) is 28.2. The summed E-state index contributed by atoms with van der Waals surface area (Å²) in [6.07, 6.45) is 3.79. The van der Waals surface area contributed by atoms with Gasteiger partial charge >= 0.3 is 0 Å². The maximum absolute atomic E-state index is 9.38. The predicted molar refractivity (Wildman–Crippen MR) is 74.7 cm³/mol. The molecule has 102 valence electrons. The third-order valence-corrected chi connectivity index (χ3v) is 5.04. The van der Waals surface area contributed by atoms with E-state index in [1.165, 1.54) is 12.2 Å². The fourth-order valence-corrected chi connectivity index (χ4v) is 3.50. The minimum absolute atomic E-state index is 0.104. The van der Waals surface area contributed by atoms with E-state index in [1.807, 2.05) is 11.8 Å². The molecule has 1 aliphatic rings. The molecule has 1 heterocycles. The molecule has 0 bridgehead atoms. The van der Waals surface area contributed by atoms with Crippen molar-refractivity contribution in [2.45, 2.75) is 56.9 Å². The molecule has 0 amide bonds. The second-order valence-electron chi connectivity index (χ2n) is 5.13. The zero-order chi connectivity index (χ0) is 12.7. The van der Waals surface area contributed by atoms with E-state index in [-0.39, 0.29) is 12.1 Å². The average molecular weight is 261 g/mol. The number of hydrogen-bond donors (Lipinski definition) is 2. The van der Waals surface area contributed by atoms with Gasteiger partial charge in [0, 0.05) is 17.4 Å². The molecule has 1 aliphatic heterocycles. The standard InChI is InChI=1S/C13H27NO2S/c1-4-14-13(3,10-15)7-5-9-17-12-6-8-16-11(12)2/h11-12,14-15H,4-10H2,1-3H3. The van der Waals surface area contributed by atoms with Crippen LogP contribution in [0, 0.1) is 0 Å². The summed E-state index contributed by atoms with van der Waals surface area (Å²) >= 11 is 2.03. The number of rotatable bonds is 8. The van der Waals surface area contributed by atoms with Gasteiger partial charge in [-0.15, -0.1) is 0 Å². The summed E-state index contributed by atoms with van der Waals surface area (Å²) in [7, 11) is 0. The van der Waals surface area contributed by atoms with Gasteiger partial charge in [-0.25, -0.2) is 0 Å². The zero-order valence-electron chi connectivity index (χ0n) is 11.4. The highest BCUT2D eigenvalue weighted by atomic mass is 32.2. The number of hydrogen-bond acceptors (Lipinski definition) is 4. The lowest BCUT2D eigenvalue weighted by molar-refractivity contribution is 0.127. The summed E-state index contributed by atoms with van der Waals surface area (Å²) < 4.78 is 5.55. The number of aliphatic hydroxyl groups excluding tert-OH is 1. The number of aliphatic hydroxyl groups is 1. The first-order valence-electron chi connectivity index (χ1n) is 6.70. The van der Waals surface area contributed by atoms with Crippen molar-refractivity contribution in [1.29, 1.82) is 0 Å². The Morgan fingerprint density at radius 2 is 2.29 bits per heavy atom. The number of nitrogens with one attached hydrogen (secondary N) is 1. The average Bonchev–Trinajstić information content (AvgIpc) is 2.71. The Bertz CT molecular complexity index is 216. The van der Waals surface area contributed by atoms with Gasteiger partial charge in [0.05, 0.1) is 12.7 Å². The van der Waals surface area contributed by atoms with E-state index in [4.69, 9.17) is 4.74 Å². The minimum atomic E-state index is -0.104. The Hall–Kier alpha value is 0.230. The molecule has 0 aromatic heterocycles. The van der Waals surface area contributed by atoms with Crippen LogP contribution in [0.1, 0.15) is 40.0 Å². The van der Waals surface area contributed by atoms with Crippen LogP contribution in [0.25, 0.3) is 0 Å². The molecule has 0 aromatic rings. The maximum atomic E-state index is 9.38. The molecule has 0 saturated carbocycles. The van der Waals surface area contributed by atoms with Crippen molar-refractivity contribution in [3.8, 4) is 0 Å². The second kappa shape index (κ2) is 7.62. The molecule has 1 saturated heterocycles. The first-order chi connectivity index (χ1) is 8.11. The first-order valence-corrected chi connectivity index (χ1v) is 7.75. The molecule has 1 fully saturated rings. The van der Waals surface area contributed by atoms with Gasteiger partial charge in [0.15, 0.2) is 0 Å². The first kappa shape index (κ1) is 15.3. The maximum Gasteiger partial charge on any atom is 0.0666 e. The highest BCUT2D eigenvalue weighted by Gasteiger charge is 2.25. The monoisotopic (exact) mass is 261 g/mol. The number of likely N-dealkylation sites (N-methyl/N-ethyl adjacent to an activating group) is 1. The van der Waals surface area contributed by atoms with Crippen LogP contribution in [0.5, 0.6) is 0 Å².